The van der Waals surface area contributed by atoms with Gasteiger partial charge in [0.05, 0.1) is 12.7 Å². The Hall–Kier alpha value is -2.30. The van der Waals surface area contributed by atoms with Gasteiger partial charge in [-0.2, -0.15) is 0 Å². The highest BCUT2D eigenvalue weighted by molar-refractivity contribution is 5.83. The van der Waals surface area contributed by atoms with Crippen LogP contribution in [0, 0.1) is 0 Å². The normalized spacial score (nSPS) is 27.4. The molecule has 3 aromatic rings. The van der Waals surface area contributed by atoms with Crippen molar-refractivity contribution >= 4 is 10.9 Å². The summed E-state index contributed by atoms with van der Waals surface area (Å²) in [5.41, 5.74) is 2.80. The number of aliphatic hydroxyl groups is 4. The number of nitrogens with one attached hydrogen (secondary N) is 1. The first kappa shape index (κ1) is 26.8. The monoisotopic (exact) mass is 499 g/mol. The van der Waals surface area contributed by atoms with Crippen molar-refractivity contribution in [2.75, 3.05) is 13.2 Å². The highest BCUT2D eigenvalue weighted by Gasteiger charge is 2.52. The molecule has 0 radical (unpaired) electrons. The minimum Gasteiger partial charge on any atom is -0.396 e. The molecule has 0 saturated heterocycles. The third-order valence-electron chi connectivity index (χ3n) is 6.84. The number of aliphatic hydroxyl groups excluding tert-OH is 4. The Morgan fingerprint density at radius 3 is 2.31 bits per heavy atom. The van der Waals surface area contributed by atoms with Crippen LogP contribution < -0.4 is 0 Å². The number of hydrogen-bond donors (Lipinski definition) is 5. The molecule has 8 nitrogen and oxygen atoms in total. The highest BCUT2D eigenvalue weighted by Crippen LogP contribution is 2.34. The third kappa shape index (κ3) is 6.15. The molecular formula is C28H37NO7. The van der Waals surface area contributed by atoms with E-state index in [9.17, 15) is 15.3 Å². The van der Waals surface area contributed by atoms with E-state index >= 15 is 0 Å². The van der Waals surface area contributed by atoms with E-state index in [2.05, 4.69) is 4.98 Å². The van der Waals surface area contributed by atoms with Gasteiger partial charge in [0, 0.05) is 35.9 Å². The summed E-state index contributed by atoms with van der Waals surface area (Å²) in [6.07, 6.45) is -3.32. The molecule has 7 atom stereocenters. The summed E-state index contributed by atoms with van der Waals surface area (Å²) >= 11 is 0. The van der Waals surface area contributed by atoms with Gasteiger partial charge in [-0.25, -0.2) is 0 Å². The van der Waals surface area contributed by atoms with Gasteiger partial charge >= 0.3 is 0 Å². The van der Waals surface area contributed by atoms with Crippen LogP contribution >= 0.6 is 0 Å². The summed E-state index contributed by atoms with van der Waals surface area (Å²) in [4.78, 5) is 3.24. The Morgan fingerprint density at radius 2 is 1.53 bits per heavy atom. The topological polar surface area (TPSA) is 124 Å². The Morgan fingerprint density at radius 1 is 0.806 bits per heavy atom. The Balaban J connectivity index is 1.53. The second kappa shape index (κ2) is 12.8. The van der Waals surface area contributed by atoms with Crippen molar-refractivity contribution < 1.29 is 34.6 Å². The van der Waals surface area contributed by atoms with E-state index in [1.54, 1.807) is 0 Å². The van der Waals surface area contributed by atoms with E-state index in [1.165, 1.54) is 0 Å². The molecule has 1 heterocycles. The van der Waals surface area contributed by atoms with Crippen molar-refractivity contribution in [2.45, 2.75) is 75.5 Å². The van der Waals surface area contributed by atoms with Crippen LogP contribution in [0.4, 0.5) is 0 Å². The summed E-state index contributed by atoms with van der Waals surface area (Å²) in [5.74, 6) is 0. The van der Waals surface area contributed by atoms with Crippen molar-refractivity contribution in [3.8, 4) is 0 Å². The molecule has 1 aromatic heterocycles. The first-order valence-corrected chi connectivity index (χ1v) is 12.6. The van der Waals surface area contributed by atoms with E-state index in [4.69, 9.17) is 19.3 Å². The zero-order valence-electron chi connectivity index (χ0n) is 20.6. The highest BCUT2D eigenvalue weighted by atomic mass is 16.6. The number of para-hydroxylation sites is 1. The molecule has 196 valence electrons. The molecule has 0 spiro atoms. The lowest BCUT2D eigenvalue weighted by Gasteiger charge is -2.46. The van der Waals surface area contributed by atoms with Crippen LogP contribution in [-0.4, -0.2) is 75.2 Å². The fourth-order valence-corrected chi connectivity index (χ4v) is 4.83. The smallest absolute Gasteiger partial charge is 0.116 e. The van der Waals surface area contributed by atoms with Crippen molar-refractivity contribution in [3.05, 3.63) is 71.9 Å². The number of benzene rings is 2. The second-order valence-corrected chi connectivity index (χ2v) is 9.39. The van der Waals surface area contributed by atoms with Gasteiger partial charge in [0.25, 0.3) is 0 Å². The van der Waals surface area contributed by atoms with Gasteiger partial charge in [-0.1, -0.05) is 48.5 Å². The Labute approximate surface area is 211 Å². The lowest BCUT2D eigenvalue weighted by atomic mass is 9.84. The molecule has 36 heavy (non-hydrogen) atoms. The SMILES string of the molecule is CC(OC1C(O)C(OCCCCCO)C(O)C(O)C1OCc1ccccc1)c1c[nH]c2ccccc12. The zero-order chi connectivity index (χ0) is 25.5. The summed E-state index contributed by atoms with van der Waals surface area (Å²) in [6.45, 7) is 2.47. The molecule has 0 amide bonds. The van der Waals surface area contributed by atoms with Gasteiger partial charge in [-0.3, -0.25) is 0 Å². The van der Waals surface area contributed by atoms with Gasteiger partial charge in [0.2, 0.25) is 0 Å². The van der Waals surface area contributed by atoms with Crippen molar-refractivity contribution in [1.82, 2.24) is 4.98 Å². The molecular weight excluding hydrogens is 462 g/mol. The molecule has 5 N–H and O–H groups in total. The Kier molecular flexibility index (Phi) is 9.50. The van der Waals surface area contributed by atoms with Gasteiger partial charge in [-0.05, 0) is 37.8 Å². The lowest BCUT2D eigenvalue weighted by molar-refractivity contribution is -0.265. The van der Waals surface area contributed by atoms with E-state index in [1.807, 2.05) is 67.7 Å². The lowest BCUT2D eigenvalue weighted by Crippen LogP contribution is -2.65. The number of ether oxygens (including phenoxy) is 3. The van der Waals surface area contributed by atoms with Crippen LogP contribution in [0.3, 0.4) is 0 Å². The van der Waals surface area contributed by atoms with Gasteiger partial charge in [0.15, 0.2) is 0 Å². The molecule has 7 unspecified atom stereocenters. The predicted octanol–water partition coefficient (Wildman–Crippen LogP) is 2.84. The largest absolute Gasteiger partial charge is 0.396 e. The number of aromatic amines is 1. The number of H-pyrrole nitrogens is 1. The maximum atomic E-state index is 11.3. The average Bonchev–Trinajstić information content (AvgIpc) is 3.33. The van der Waals surface area contributed by atoms with Crippen LogP contribution in [0.5, 0.6) is 0 Å². The molecule has 0 bridgehead atoms. The minimum absolute atomic E-state index is 0.107. The summed E-state index contributed by atoms with van der Waals surface area (Å²) in [6, 6.07) is 17.4. The quantitative estimate of drug-likeness (QED) is 0.243. The minimum atomic E-state index is -1.35. The first-order valence-electron chi connectivity index (χ1n) is 12.6. The van der Waals surface area contributed by atoms with Crippen molar-refractivity contribution in [2.24, 2.45) is 0 Å². The number of aromatic nitrogens is 1. The van der Waals surface area contributed by atoms with E-state index in [0.717, 1.165) is 28.5 Å². The maximum absolute atomic E-state index is 11.3. The average molecular weight is 500 g/mol. The van der Waals surface area contributed by atoms with E-state index in [0.29, 0.717) is 12.8 Å². The fourth-order valence-electron chi connectivity index (χ4n) is 4.83. The van der Waals surface area contributed by atoms with Gasteiger partial charge in [-0.15, -0.1) is 0 Å². The molecule has 4 rings (SSSR count). The molecule has 1 saturated carbocycles. The number of unbranched alkanes of at least 4 members (excludes halogenated alkanes) is 2. The number of hydrogen-bond acceptors (Lipinski definition) is 7. The van der Waals surface area contributed by atoms with Crippen LogP contribution in [0.2, 0.25) is 0 Å². The zero-order valence-corrected chi connectivity index (χ0v) is 20.6. The number of fused-ring (bicyclic) bond motifs is 1. The van der Waals surface area contributed by atoms with Gasteiger partial charge < -0.3 is 39.6 Å². The van der Waals surface area contributed by atoms with Crippen molar-refractivity contribution in [3.63, 3.8) is 0 Å². The van der Waals surface area contributed by atoms with E-state index in [-0.39, 0.29) is 19.8 Å². The summed E-state index contributed by atoms with van der Waals surface area (Å²) in [5, 5.41) is 43.2. The van der Waals surface area contributed by atoms with Gasteiger partial charge in [0.1, 0.15) is 36.6 Å². The van der Waals surface area contributed by atoms with Crippen LogP contribution in [0.15, 0.2) is 60.8 Å². The standard InChI is InChI=1S/C28H37NO7/c1-18(21-16-29-22-13-7-6-12-20(21)22)36-28-25(33)26(34-15-9-3-8-14-30)23(31)24(32)27(28)35-17-19-10-4-2-5-11-19/h2,4-7,10-13,16,18,23-33H,3,8-9,14-15,17H2,1H3. The maximum Gasteiger partial charge on any atom is 0.116 e. The van der Waals surface area contributed by atoms with Crippen LogP contribution in [-0.2, 0) is 20.8 Å². The number of rotatable bonds is 12. The third-order valence-corrected chi connectivity index (χ3v) is 6.84. The predicted molar refractivity (Wildman–Crippen MR) is 135 cm³/mol. The van der Waals surface area contributed by atoms with Crippen LogP contribution in [0.25, 0.3) is 10.9 Å². The fraction of sp³-hybridized carbons (Fsp3) is 0.500. The molecule has 0 aliphatic heterocycles. The molecule has 1 aliphatic carbocycles. The Bertz CT molecular complexity index is 1060. The van der Waals surface area contributed by atoms with E-state index < -0.39 is 42.7 Å². The first-order chi connectivity index (χ1) is 17.5. The van der Waals surface area contributed by atoms with Crippen LogP contribution in [0.1, 0.15) is 43.4 Å². The summed E-state index contributed by atoms with van der Waals surface area (Å²) in [7, 11) is 0. The van der Waals surface area contributed by atoms with Crippen molar-refractivity contribution in [1.29, 1.82) is 0 Å². The molecule has 8 heteroatoms. The molecule has 2 aromatic carbocycles. The summed E-state index contributed by atoms with van der Waals surface area (Å²) < 4.78 is 18.3. The second-order valence-electron chi connectivity index (χ2n) is 9.39. The molecule has 1 aliphatic rings. The molecule has 1 fully saturated rings.